The number of nitrogens with one attached hydrogen (secondary N) is 1. The summed E-state index contributed by atoms with van der Waals surface area (Å²) in [5, 5.41) is 6.61. The van der Waals surface area contributed by atoms with Crippen molar-refractivity contribution in [2.24, 2.45) is 0 Å². The maximum atomic E-state index is 12.6. The molecule has 1 N–H and O–H groups in total. The minimum atomic E-state index is -4.93. The Kier molecular flexibility index (Phi) is 4.41. The lowest BCUT2D eigenvalue weighted by Gasteiger charge is -2.14. The van der Waals surface area contributed by atoms with Gasteiger partial charge in [-0.3, -0.25) is 4.79 Å². The third-order valence-corrected chi connectivity index (χ3v) is 3.35. The molecule has 0 saturated heterocycles. The Labute approximate surface area is 145 Å². The Balaban J connectivity index is 1.91. The van der Waals surface area contributed by atoms with Crippen LogP contribution in [0.4, 0.5) is 18.9 Å². The molecular weight excluding hydrogens is 353 g/mol. The van der Waals surface area contributed by atoms with E-state index in [1.165, 1.54) is 23.9 Å². The number of hydrogen-bond donors (Lipinski definition) is 1. The number of halogens is 3. The zero-order chi connectivity index (χ0) is 18.9. The molecule has 1 amide bonds. The van der Waals surface area contributed by atoms with Gasteiger partial charge in [0, 0.05) is 0 Å². The fourth-order valence-electron chi connectivity index (χ4n) is 2.29. The second-order valence-electron chi connectivity index (χ2n) is 5.24. The number of benzene rings is 1. The van der Waals surface area contributed by atoms with Gasteiger partial charge in [0.2, 0.25) is 0 Å². The minimum Gasteiger partial charge on any atom is -0.497 e. The average Bonchev–Trinajstić information content (AvgIpc) is 2.93. The van der Waals surface area contributed by atoms with Crippen LogP contribution >= 0.6 is 0 Å². The van der Waals surface area contributed by atoms with Gasteiger partial charge in [-0.1, -0.05) is 0 Å². The maximum Gasteiger partial charge on any atom is 0.573 e. The molecule has 7 nitrogen and oxygen atoms in total. The molecule has 0 bridgehead atoms. The van der Waals surface area contributed by atoms with Gasteiger partial charge in [-0.15, -0.1) is 13.2 Å². The zero-order valence-corrected chi connectivity index (χ0v) is 13.7. The van der Waals surface area contributed by atoms with Crippen molar-refractivity contribution < 1.29 is 27.4 Å². The van der Waals surface area contributed by atoms with E-state index >= 15 is 0 Å². The van der Waals surface area contributed by atoms with Crippen LogP contribution in [0.25, 0.3) is 5.65 Å². The highest BCUT2D eigenvalue weighted by Crippen LogP contribution is 2.30. The quantitative estimate of drug-likeness (QED) is 0.767. The van der Waals surface area contributed by atoms with Crippen molar-refractivity contribution in [2.75, 3.05) is 12.4 Å². The normalized spacial score (nSPS) is 11.4. The van der Waals surface area contributed by atoms with Crippen LogP contribution in [0.5, 0.6) is 11.5 Å². The molecule has 0 aliphatic rings. The number of hydrogen-bond acceptors (Lipinski definition) is 5. The van der Waals surface area contributed by atoms with Crippen LogP contribution in [0.3, 0.4) is 0 Å². The van der Waals surface area contributed by atoms with E-state index in [1.807, 2.05) is 0 Å². The van der Waals surface area contributed by atoms with Gasteiger partial charge in [-0.05, 0) is 37.3 Å². The fourth-order valence-corrected chi connectivity index (χ4v) is 2.29. The third kappa shape index (κ3) is 3.85. The highest BCUT2D eigenvalue weighted by atomic mass is 19.4. The monoisotopic (exact) mass is 366 g/mol. The zero-order valence-electron chi connectivity index (χ0n) is 13.7. The van der Waals surface area contributed by atoms with Crippen LogP contribution in [0.15, 0.2) is 36.5 Å². The van der Waals surface area contributed by atoms with Gasteiger partial charge in [-0.25, -0.2) is 9.50 Å². The second kappa shape index (κ2) is 6.54. The number of carbonyl (C=O) groups excluding carboxylic acids is 1. The van der Waals surface area contributed by atoms with Crippen LogP contribution in [0.2, 0.25) is 0 Å². The number of aryl methyl sites for hydroxylation is 1. The van der Waals surface area contributed by atoms with Crippen molar-refractivity contribution >= 4 is 17.2 Å². The number of ether oxygens (including phenoxy) is 2. The third-order valence-electron chi connectivity index (χ3n) is 3.35. The summed E-state index contributed by atoms with van der Waals surface area (Å²) in [6.45, 7) is 1.71. The maximum absolute atomic E-state index is 12.6. The Bertz CT molecular complexity index is 969. The lowest BCUT2D eigenvalue weighted by molar-refractivity contribution is -0.274. The van der Waals surface area contributed by atoms with Gasteiger partial charge in [0.1, 0.15) is 17.3 Å². The highest BCUT2D eigenvalue weighted by molar-refractivity contribution is 6.06. The fraction of sp³-hybridized carbons (Fsp3) is 0.188. The molecule has 0 unspecified atom stereocenters. The number of alkyl halides is 3. The van der Waals surface area contributed by atoms with Gasteiger partial charge in [-0.2, -0.15) is 5.10 Å². The van der Waals surface area contributed by atoms with Crippen LogP contribution in [-0.2, 0) is 0 Å². The predicted molar refractivity (Wildman–Crippen MR) is 85.4 cm³/mol. The van der Waals surface area contributed by atoms with Crippen LogP contribution < -0.4 is 14.8 Å². The van der Waals surface area contributed by atoms with Crippen molar-refractivity contribution in [3.05, 3.63) is 47.9 Å². The van der Waals surface area contributed by atoms with Crippen molar-refractivity contribution in [3.8, 4) is 11.5 Å². The van der Waals surface area contributed by atoms with E-state index in [9.17, 15) is 18.0 Å². The number of fused-ring (bicyclic) bond motifs is 1. The molecular formula is C16H13F3N4O3. The number of rotatable bonds is 4. The number of pyridine rings is 1. The SMILES string of the molecule is COc1ccc(OC(F)(F)F)c(C(=O)Nc2ccc3nc(C)nn3c2)c1. The molecule has 0 fully saturated rings. The molecule has 3 rings (SSSR count). The van der Waals surface area contributed by atoms with E-state index in [-0.39, 0.29) is 11.3 Å². The van der Waals surface area contributed by atoms with E-state index in [0.29, 0.717) is 17.2 Å². The summed E-state index contributed by atoms with van der Waals surface area (Å²) in [4.78, 5) is 16.6. The van der Waals surface area contributed by atoms with Crippen LogP contribution in [0, 0.1) is 6.92 Å². The summed E-state index contributed by atoms with van der Waals surface area (Å²) < 4.78 is 48.0. The first-order valence-corrected chi connectivity index (χ1v) is 7.33. The molecule has 10 heteroatoms. The molecule has 3 aromatic rings. The van der Waals surface area contributed by atoms with E-state index in [4.69, 9.17) is 4.74 Å². The summed E-state index contributed by atoms with van der Waals surface area (Å²) >= 11 is 0. The Morgan fingerprint density at radius 3 is 2.69 bits per heavy atom. The van der Waals surface area contributed by atoms with E-state index < -0.39 is 18.0 Å². The minimum absolute atomic E-state index is 0.215. The first kappa shape index (κ1) is 17.5. The average molecular weight is 366 g/mol. The molecule has 0 aliphatic carbocycles. The Morgan fingerprint density at radius 1 is 1.23 bits per heavy atom. The molecule has 26 heavy (non-hydrogen) atoms. The summed E-state index contributed by atoms with van der Waals surface area (Å²) in [6.07, 6.45) is -3.43. The number of nitrogens with zero attached hydrogens (tertiary/aromatic N) is 3. The molecule has 0 atom stereocenters. The van der Waals surface area contributed by atoms with Gasteiger partial charge >= 0.3 is 6.36 Å². The van der Waals surface area contributed by atoms with Crippen molar-refractivity contribution in [1.82, 2.24) is 14.6 Å². The molecule has 0 spiro atoms. The van der Waals surface area contributed by atoms with Gasteiger partial charge < -0.3 is 14.8 Å². The second-order valence-corrected chi connectivity index (χ2v) is 5.24. The highest BCUT2D eigenvalue weighted by Gasteiger charge is 2.33. The number of anilines is 1. The molecule has 1 aromatic carbocycles. The first-order chi connectivity index (χ1) is 12.2. The molecule has 0 radical (unpaired) electrons. The van der Waals surface area contributed by atoms with E-state index in [2.05, 4.69) is 20.1 Å². The Hall–Kier alpha value is -3.30. The van der Waals surface area contributed by atoms with Gasteiger partial charge in [0.25, 0.3) is 5.91 Å². The van der Waals surface area contributed by atoms with Crippen molar-refractivity contribution in [2.45, 2.75) is 13.3 Å². The van der Waals surface area contributed by atoms with E-state index in [1.54, 1.807) is 19.1 Å². The van der Waals surface area contributed by atoms with Gasteiger partial charge in [0.15, 0.2) is 5.65 Å². The lowest BCUT2D eigenvalue weighted by atomic mass is 10.1. The molecule has 136 valence electrons. The number of methoxy groups -OCH3 is 1. The Morgan fingerprint density at radius 2 is 2.00 bits per heavy atom. The standard InChI is InChI=1S/C16H13F3N4O3/c1-9-20-14-6-3-10(8-23(14)22-9)21-15(24)12-7-11(25-2)4-5-13(12)26-16(17,18)19/h3-8H,1-2H3,(H,21,24). The molecule has 2 heterocycles. The molecule has 2 aromatic heterocycles. The summed E-state index contributed by atoms with van der Waals surface area (Å²) in [7, 11) is 1.34. The number of amides is 1. The van der Waals surface area contributed by atoms with Crippen molar-refractivity contribution in [3.63, 3.8) is 0 Å². The first-order valence-electron chi connectivity index (χ1n) is 7.33. The van der Waals surface area contributed by atoms with Gasteiger partial charge in [0.05, 0.1) is 24.6 Å². The summed E-state index contributed by atoms with van der Waals surface area (Å²) in [5.41, 5.74) is 0.577. The molecule has 0 saturated carbocycles. The van der Waals surface area contributed by atoms with Crippen LogP contribution in [0.1, 0.15) is 16.2 Å². The summed E-state index contributed by atoms with van der Waals surface area (Å²) in [5.74, 6) is -0.665. The largest absolute Gasteiger partial charge is 0.573 e. The smallest absolute Gasteiger partial charge is 0.497 e. The number of carbonyl (C=O) groups is 1. The molecule has 0 aliphatic heterocycles. The lowest BCUT2D eigenvalue weighted by Crippen LogP contribution is -2.21. The van der Waals surface area contributed by atoms with E-state index in [0.717, 1.165) is 12.1 Å². The number of aromatic nitrogens is 3. The predicted octanol–water partition coefficient (Wildman–Crippen LogP) is 3.20. The van der Waals surface area contributed by atoms with Crippen LogP contribution in [-0.4, -0.2) is 34.0 Å². The topological polar surface area (TPSA) is 77.8 Å². The summed E-state index contributed by atoms with van der Waals surface area (Å²) in [6, 6.07) is 6.63. The van der Waals surface area contributed by atoms with Crippen molar-refractivity contribution in [1.29, 1.82) is 0 Å².